The van der Waals surface area contributed by atoms with Crippen LogP contribution < -0.4 is 5.32 Å². The molecule has 6 heteroatoms. The number of para-hydroxylation sites is 1. The molecule has 0 spiro atoms. The molecule has 0 radical (unpaired) electrons. The zero-order chi connectivity index (χ0) is 14.4. The Morgan fingerprint density at radius 3 is 2.60 bits per heavy atom. The van der Waals surface area contributed by atoms with Gasteiger partial charge in [0.15, 0.2) is 0 Å². The molecule has 2 rings (SSSR count). The predicted octanol–water partition coefficient (Wildman–Crippen LogP) is 2.64. The fourth-order valence-corrected chi connectivity index (χ4v) is 1.58. The number of aromatic nitrogens is 1. The number of carbonyl (C=O) groups is 1. The molecule has 0 unspecified atom stereocenters. The molecule has 0 saturated carbocycles. The summed E-state index contributed by atoms with van der Waals surface area (Å²) in [6.45, 7) is 0. The number of benzene rings is 1. The second-order valence-electron chi connectivity index (χ2n) is 3.87. The third-order valence-corrected chi connectivity index (χ3v) is 2.50. The summed E-state index contributed by atoms with van der Waals surface area (Å²) < 4.78 is 0. The minimum atomic E-state index is -0.486. The van der Waals surface area contributed by atoms with E-state index in [1.807, 2.05) is 0 Å². The lowest BCUT2D eigenvalue weighted by molar-refractivity contribution is -0.385. The first kappa shape index (κ1) is 13.4. The van der Waals surface area contributed by atoms with Crippen molar-refractivity contribution in [3.63, 3.8) is 0 Å². The van der Waals surface area contributed by atoms with Crippen LogP contribution in [-0.4, -0.2) is 15.8 Å². The highest BCUT2D eigenvalue weighted by Gasteiger charge is 2.09. The van der Waals surface area contributed by atoms with E-state index in [-0.39, 0.29) is 11.6 Å². The number of hydrogen-bond acceptors (Lipinski definition) is 4. The topological polar surface area (TPSA) is 85.1 Å². The second kappa shape index (κ2) is 6.24. The number of nitrogens with zero attached hydrogens (tertiary/aromatic N) is 2. The molecule has 1 heterocycles. The maximum Gasteiger partial charge on any atom is 0.276 e. The lowest BCUT2D eigenvalue weighted by atomic mass is 10.1. The van der Waals surface area contributed by atoms with E-state index in [4.69, 9.17) is 0 Å². The van der Waals surface area contributed by atoms with Gasteiger partial charge in [-0.25, -0.2) is 0 Å². The number of amides is 1. The minimum Gasteiger partial charge on any atom is -0.322 e. The third-order valence-electron chi connectivity index (χ3n) is 2.50. The van der Waals surface area contributed by atoms with Crippen LogP contribution in [0.4, 0.5) is 11.4 Å². The molecule has 20 heavy (non-hydrogen) atoms. The Hall–Kier alpha value is -3.02. The maximum absolute atomic E-state index is 11.7. The summed E-state index contributed by atoms with van der Waals surface area (Å²) in [7, 11) is 0. The quantitative estimate of drug-likeness (QED) is 0.525. The summed E-state index contributed by atoms with van der Waals surface area (Å²) in [5.74, 6) is -0.366. The van der Waals surface area contributed by atoms with Gasteiger partial charge in [-0.15, -0.1) is 0 Å². The van der Waals surface area contributed by atoms with Crippen LogP contribution in [-0.2, 0) is 4.79 Å². The van der Waals surface area contributed by atoms with Gasteiger partial charge in [-0.05, 0) is 24.3 Å². The SMILES string of the molecule is O=C(C=Cc1ccccc1[N+](=O)[O-])Nc1ccncc1. The van der Waals surface area contributed by atoms with Crippen molar-refractivity contribution in [1.29, 1.82) is 0 Å². The Morgan fingerprint density at radius 2 is 1.90 bits per heavy atom. The number of anilines is 1. The van der Waals surface area contributed by atoms with Gasteiger partial charge in [0.25, 0.3) is 5.69 Å². The minimum absolute atomic E-state index is 0.0412. The van der Waals surface area contributed by atoms with Crippen LogP contribution in [0, 0.1) is 10.1 Å². The van der Waals surface area contributed by atoms with E-state index in [0.717, 1.165) is 0 Å². The molecule has 1 aromatic carbocycles. The highest BCUT2D eigenvalue weighted by Crippen LogP contribution is 2.18. The molecule has 6 nitrogen and oxygen atoms in total. The lowest BCUT2D eigenvalue weighted by Crippen LogP contribution is -2.07. The van der Waals surface area contributed by atoms with Gasteiger partial charge in [-0.1, -0.05) is 12.1 Å². The van der Waals surface area contributed by atoms with Crippen LogP contribution in [0.25, 0.3) is 6.08 Å². The Labute approximate surface area is 114 Å². The van der Waals surface area contributed by atoms with Gasteiger partial charge in [0, 0.05) is 30.2 Å². The number of pyridine rings is 1. The van der Waals surface area contributed by atoms with Gasteiger partial charge in [0.05, 0.1) is 10.5 Å². The largest absolute Gasteiger partial charge is 0.322 e. The van der Waals surface area contributed by atoms with Crippen LogP contribution in [0.3, 0.4) is 0 Å². The Kier molecular flexibility index (Phi) is 4.18. The van der Waals surface area contributed by atoms with E-state index in [1.165, 1.54) is 18.2 Å². The Balaban J connectivity index is 2.10. The highest BCUT2D eigenvalue weighted by atomic mass is 16.6. The normalized spacial score (nSPS) is 10.4. The molecule has 100 valence electrons. The fraction of sp³-hybridized carbons (Fsp3) is 0. The molecule has 0 aliphatic carbocycles. The van der Waals surface area contributed by atoms with Gasteiger partial charge < -0.3 is 5.32 Å². The number of hydrogen-bond donors (Lipinski definition) is 1. The van der Waals surface area contributed by atoms with Crippen molar-refractivity contribution < 1.29 is 9.72 Å². The van der Waals surface area contributed by atoms with Crippen molar-refractivity contribution in [3.8, 4) is 0 Å². The standard InChI is InChI=1S/C14H11N3O3/c18-14(16-12-7-9-15-10-8-12)6-5-11-3-1-2-4-13(11)17(19)20/h1-10H,(H,15,16,18). The molecular weight excluding hydrogens is 258 g/mol. The number of nitro benzene ring substituents is 1. The molecule has 1 N–H and O–H groups in total. The van der Waals surface area contributed by atoms with Gasteiger partial charge in [-0.2, -0.15) is 0 Å². The molecule has 0 fully saturated rings. The van der Waals surface area contributed by atoms with E-state index >= 15 is 0 Å². The van der Waals surface area contributed by atoms with Crippen molar-refractivity contribution in [2.45, 2.75) is 0 Å². The van der Waals surface area contributed by atoms with Crippen molar-refractivity contribution in [2.75, 3.05) is 5.32 Å². The van der Waals surface area contributed by atoms with Crippen molar-refractivity contribution >= 4 is 23.4 Å². The lowest BCUT2D eigenvalue weighted by Gasteiger charge is -2.00. The molecular formula is C14H11N3O3. The van der Waals surface area contributed by atoms with Crippen LogP contribution in [0.2, 0.25) is 0 Å². The van der Waals surface area contributed by atoms with E-state index in [0.29, 0.717) is 11.3 Å². The van der Waals surface area contributed by atoms with Crippen molar-refractivity contribution in [3.05, 3.63) is 70.5 Å². The first-order valence-electron chi connectivity index (χ1n) is 5.79. The zero-order valence-electron chi connectivity index (χ0n) is 10.4. The summed E-state index contributed by atoms with van der Waals surface area (Å²) >= 11 is 0. The average molecular weight is 269 g/mol. The van der Waals surface area contributed by atoms with Crippen molar-refractivity contribution in [1.82, 2.24) is 4.98 Å². The summed E-state index contributed by atoms with van der Waals surface area (Å²) in [4.78, 5) is 25.8. The average Bonchev–Trinajstić information content (AvgIpc) is 2.46. The number of carbonyl (C=O) groups excluding carboxylic acids is 1. The molecule has 0 atom stereocenters. The van der Waals surface area contributed by atoms with E-state index in [9.17, 15) is 14.9 Å². The van der Waals surface area contributed by atoms with Gasteiger partial charge in [-0.3, -0.25) is 19.9 Å². The molecule has 0 aliphatic rings. The van der Waals surface area contributed by atoms with Gasteiger partial charge in [0.1, 0.15) is 0 Å². The third kappa shape index (κ3) is 3.49. The van der Waals surface area contributed by atoms with Crippen LogP contribution in [0.1, 0.15) is 5.56 Å². The summed E-state index contributed by atoms with van der Waals surface area (Å²) in [5.41, 5.74) is 0.944. The fourth-order valence-electron chi connectivity index (χ4n) is 1.58. The number of nitrogens with one attached hydrogen (secondary N) is 1. The van der Waals surface area contributed by atoms with Crippen LogP contribution in [0.5, 0.6) is 0 Å². The predicted molar refractivity (Wildman–Crippen MR) is 75.0 cm³/mol. The molecule has 1 amide bonds. The first-order valence-corrected chi connectivity index (χ1v) is 5.79. The summed E-state index contributed by atoms with van der Waals surface area (Å²) in [5, 5.41) is 13.4. The van der Waals surface area contributed by atoms with Crippen LogP contribution in [0.15, 0.2) is 54.9 Å². The molecule has 0 saturated heterocycles. The van der Waals surface area contributed by atoms with Gasteiger partial charge in [0.2, 0.25) is 5.91 Å². The Morgan fingerprint density at radius 1 is 1.20 bits per heavy atom. The molecule has 0 aliphatic heterocycles. The smallest absolute Gasteiger partial charge is 0.276 e. The Bertz CT molecular complexity index is 654. The number of rotatable bonds is 4. The maximum atomic E-state index is 11.7. The summed E-state index contributed by atoms with van der Waals surface area (Å²) in [6.07, 6.45) is 5.78. The van der Waals surface area contributed by atoms with Crippen LogP contribution >= 0.6 is 0 Å². The molecule has 2 aromatic rings. The number of nitro groups is 1. The molecule has 1 aromatic heterocycles. The monoisotopic (exact) mass is 269 g/mol. The van der Waals surface area contributed by atoms with E-state index in [1.54, 1.807) is 42.7 Å². The summed E-state index contributed by atoms with van der Waals surface area (Å²) in [6, 6.07) is 9.52. The second-order valence-corrected chi connectivity index (χ2v) is 3.87. The zero-order valence-corrected chi connectivity index (χ0v) is 10.4. The van der Waals surface area contributed by atoms with E-state index in [2.05, 4.69) is 10.3 Å². The van der Waals surface area contributed by atoms with E-state index < -0.39 is 4.92 Å². The first-order chi connectivity index (χ1) is 9.66. The van der Waals surface area contributed by atoms with Crippen molar-refractivity contribution in [2.24, 2.45) is 0 Å². The van der Waals surface area contributed by atoms with Gasteiger partial charge >= 0.3 is 0 Å². The highest BCUT2D eigenvalue weighted by molar-refractivity contribution is 6.02. The molecule has 0 bridgehead atoms.